The van der Waals surface area contributed by atoms with Crippen molar-refractivity contribution in [2.24, 2.45) is 0 Å². The van der Waals surface area contributed by atoms with E-state index in [1.807, 2.05) is 22.6 Å². The van der Waals surface area contributed by atoms with E-state index >= 15 is 0 Å². The second kappa shape index (κ2) is 6.08. The third kappa shape index (κ3) is 3.48. The Balaban J connectivity index is 2.32. The number of hydrogen-bond donors (Lipinski definition) is 2. The van der Waals surface area contributed by atoms with Crippen LogP contribution in [-0.2, 0) is 0 Å². The molecule has 0 bridgehead atoms. The number of nitrogens with one attached hydrogen (secondary N) is 1. The number of benzene rings is 2. The Kier molecular flexibility index (Phi) is 4.41. The van der Waals surface area contributed by atoms with Gasteiger partial charge in [0.05, 0.1) is 16.2 Å². The van der Waals surface area contributed by atoms with Gasteiger partial charge in [0.1, 0.15) is 0 Å². The predicted molar refractivity (Wildman–Crippen MR) is 87.2 cm³/mol. The topological polar surface area (TPSA) is 92.5 Å². The van der Waals surface area contributed by atoms with Crippen molar-refractivity contribution in [3.63, 3.8) is 0 Å². The summed E-state index contributed by atoms with van der Waals surface area (Å²) >= 11 is 1.99. The molecule has 6 nitrogen and oxygen atoms in total. The van der Waals surface area contributed by atoms with Crippen molar-refractivity contribution in [2.45, 2.75) is 6.92 Å². The summed E-state index contributed by atoms with van der Waals surface area (Å²) in [6.45, 7) is 1.73. The number of nitro groups is 1. The van der Waals surface area contributed by atoms with Crippen LogP contribution < -0.4 is 5.32 Å². The van der Waals surface area contributed by atoms with Crippen LogP contribution in [0.3, 0.4) is 0 Å². The maximum absolute atomic E-state index is 11.1. The Morgan fingerprint density at radius 1 is 1.29 bits per heavy atom. The first-order chi connectivity index (χ1) is 9.88. The lowest BCUT2D eigenvalue weighted by molar-refractivity contribution is -0.384. The molecule has 0 radical (unpaired) electrons. The Hall–Kier alpha value is -2.16. The number of carbonyl (C=O) groups is 1. The Morgan fingerprint density at radius 2 is 2.00 bits per heavy atom. The van der Waals surface area contributed by atoms with Gasteiger partial charge in [-0.05, 0) is 53.3 Å². The molecule has 2 rings (SSSR count). The Morgan fingerprint density at radius 3 is 2.57 bits per heavy atom. The van der Waals surface area contributed by atoms with Gasteiger partial charge in [-0.15, -0.1) is 0 Å². The second-order valence-corrected chi connectivity index (χ2v) is 5.54. The van der Waals surface area contributed by atoms with Crippen molar-refractivity contribution in [1.82, 2.24) is 0 Å². The third-order valence-corrected chi connectivity index (χ3v) is 3.80. The third-order valence-electron chi connectivity index (χ3n) is 2.91. The van der Waals surface area contributed by atoms with Crippen molar-refractivity contribution < 1.29 is 14.8 Å². The van der Waals surface area contributed by atoms with Gasteiger partial charge in [0.2, 0.25) is 0 Å². The van der Waals surface area contributed by atoms with Crippen molar-refractivity contribution in [1.29, 1.82) is 0 Å². The van der Waals surface area contributed by atoms with Gasteiger partial charge in [-0.25, -0.2) is 4.79 Å². The van der Waals surface area contributed by atoms with Crippen LogP contribution in [0, 0.1) is 20.6 Å². The highest BCUT2D eigenvalue weighted by molar-refractivity contribution is 14.1. The minimum Gasteiger partial charge on any atom is -0.478 e. The first kappa shape index (κ1) is 15.2. The lowest BCUT2D eigenvalue weighted by Gasteiger charge is -2.10. The van der Waals surface area contributed by atoms with Crippen LogP contribution in [0.4, 0.5) is 17.1 Å². The zero-order valence-electron chi connectivity index (χ0n) is 11.0. The van der Waals surface area contributed by atoms with Crippen LogP contribution in [0.25, 0.3) is 0 Å². The maximum atomic E-state index is 11.1. The number of nitro benzene ring substituents is 1. The van der Waals surface area contributed by atoms with E-state index in [9.17, 15) is 14.9 Å². The standard InChI is InChI=1S/C14H11IN2O4/c1-8-2-3-9(6-11(8)14(18)19)16-13-5-4-10(17(20)21)7-12(13)15/h2-7,16H,1H3,(H,18,19). The van der Waals surface area contributed by atoms with E-state index in [0.717, 1.165) is 0 Å². The molecule has 0 saturated carbocycles. The predicted octanol–water partition coefficient (Wildman–Crippen LogP) is 3.95. The molecular weight excluding hydrogens is 387 g/mol. The number of halogens is 1. The zero-order chi connectivity index (χ0) is 15.6. The van der Waals surface area contributed by atoms with Gasteiger partial charge in [-0.2, -0.15) is 0 Å². The molecule has 0 atom stereocenters. The molecule has 2 aromatic rings. The number of non-ortho nitro benzene ring substituents is 1. The van der Waals surface area contributed by atoms with Gasteiger partial charge in [-0.3, -0.25) is 10.1 Å². The Labute approximate surface area is 134 Å². The summed E-state index contributed by atoms with van der Waals surface area (Å²) in [5.41, 5.74) is 2.20. The summed E-state index contributed by atoms with van der Waals surface area (Å²) in [6, 6.07) is 9.46. The fourth-order valence-electron chi connectivity index (χ4n) is 1.80. The van der Waals surface area contributed by atoms with Crippen LogP contribution in [0.2, 0.25) is 0 Å². The molecule has 0 fully saturated rings. The van der Waals surface area contributed by atoms with Crippen LogP contribution in [0.5, 0.6) is 0 Å². The van der Waals surface area contributed by atoms with Crippen LogP contribution in [0.1, 0.15) is 15.9 Å². The highest BCUT2D eigenvalue weighted by Crippen LogP contribution is 2.27. The van der Waals surface area contributed by atoms with E-state index in [1.165, 1.54) is 18.2 Å². The van der Waals surface area contributed by atoms with Gasteiger partial charge in [-0.1, -0.05) is 6.07 Å². The Bertz CT molecular complexity index is 731. The van der Waals surface area contributed by atoms with Crippen molar-refractivity contribution >= 4 is 45.6 Å². The highest BCUT2D eigenvalue weighted by Gasteiger charge is 2.11. The van der Waals surface area contributed by atoms with Gasteiger partial charge >= 0.3 is 5.97 Å². The summed E-state index contributed by atoms with van der Waals surface area (Å²) in [5, 5.41) is 22.9. The quantitative estimate of drug-likeness (QED) is 0.462. The average molecular weight is 398 g/mol. The molecule has 2 aromatic carbocycles. The second-order valence-electron chi connectivity index (χ2n) is 4.38. The summed E-state index contributed by atoms with van der Waals surface area (Å²) in [5.74, 6) is -0.991. The molecule has 0 unspecified atom stereocenters. The molecule has 0 aromatic heterocycles. The van der Waals surface area contributed by atoms with Crippen LogP contribution in [0.15, 0.2) is 36.4 Å². The molecular formula is C14H11IN2O4. The highest BCUT2D eigenvalue weighted by atomic mass is 127. The largest absolute Gasteiger partial charge is 0.478 e. The lowest BCUT2D eigenvalue weighted by Crippen LogP contribution is -2.01. The molecule has 0 aliphatic rings. The number of anilines is 2. The van der Waals surface area contributed by atoms with Gasteiger partial charge in [0, 0.05) is 21.4 Å². The van der Waals surface area contributed by atoms with Crippen LogP contribution >= 0.6 is 22.6 Å². The monoisotopic (exact) mass is 398 g/mol. The molecule has 108 valence electrons. The summed E-state index contributed by atoms with van der Waals surface area (Å²) in [6.07, 6.45) is 0. The summed E-state index contributed by atoms with van der Waals surface area (Å²) in [4.78, 5) is 21.3. The molecule has 0 aliphatic carbocycles. The number of aryl methyl sites for hydroxylation is 1. The zero-order valence-corrected chi connectivity index (χ0v) is 13.1. The number of carboxylic acid groups (broad SMARTS) is 1. The number of hydrogen-bond acceptors (Lipinski definition) is 4. The van der Waals surface area contributed by atoms with E-state index in [4.69, 9.17) is 5.11 Å². The smallest absolute Gasteiger partial charge is 0.336 e. The van der Waals surface area contributed by atoms with Gasteiger partial charge < -0.3 is 10.4 Å². The minimum atomic E-state index is -0.991. The first-order valence-corrected chi connectivity index (χ1v) is 7.01. The van der Waals surface area contributed by atoms with Crippen molar-refractivity contribution in [3.8, 4) is 0 Å². The lowest BCUT2D eigenvalue weighted by atomic mass is 10.1. The first-order valence-electron chi connectivity index (χ1n) is 5.93. The molecule has 21 heavy (non-hydrogen) atoms. The summed E-state index contributed by atoms with van der Waals surface area (Å²) in [7, 11) is 0. The van der Waals surface area contributed by atoms with Crippen molar-refractivity contribution in [3.05, 3.63) is 61.2 Å². The van der Waals surface area contributed by atoms with E-state index < -0.39 is 10.9 Å². The molecule has 0 spiro atoms. The van der Waals surface area contributed by atoms with E-state index in [1.54, 1.807) is 25.1 Å². The number of nitrogens with zero attached hydrogens (tertiary/aromatic N) is 1. The van der Waals surface area contributed by atoms with Gasteiger partial charge in [0.15, 0.2) is 0 Å². The fraction of sp³-hybridized carbons (Fsp3) is 0.0714. The van der Waals surface area contributed by atoms with Crippen molar-refractivity contribution in [2.75, 3.05) is 5.32 Å². The molecule has 2 N–H and O–H groups in total. The molecule has 0 heterocycles. The van der Waals surface area contributed by atoms with E-state index in [2.05, 4.69) is 5.32 Å². The van der Waals surface area contributed by atoms with Gasteiger partial charge in [0.25, 0.3) is 5.69 Å². The SMILES string of the molecule is Cc1ccc(Nc2ccc([N+](=O)[O-])cc2I)cc1C(=O)O. The molecule has 0 aliphatic heterocycles. The summed E-state index contributed by atoms with van der Waals surface area (Å²) < 4.78 is 0.680. The molecule has 7 heteroatoms. The van der Waals surface area contributed by atoms with E-state index in [-0.39, 0.29) is 11.3 Å². The molecule has 0 amide bonds. The number of rotatable bonds is 4. The minimum absolute atomic E-state index is 0.0140. The molecule has 0 saturated heterocycles. The fourth-order valence-corrected chi connectivity index (χ4v) is 2.44. The number of carboxylic acids is 1. The average Bonchev–Trinajstić information content (AvgIpc) is 2.42. The normalized spacial score (nSPS) is 10.2. The van der Waals surface area contributed by atoms with Crippen LogP contribution in [-0.4, -0.2) is 16.0 Å². The number of aromatic carboxylic acids is 1. The maximum Gasteiger partial charge on any atom is 0.336 e. The van der Waals surface area contributed by atoms with E-state index in [0.29, 0.717) is 20.5 Å².